The number of tetrazole rings is 1. The van der Waals surface area contributed by atoms with Crippen LogP contribution in [0, 0.1) is 0 Å². The van der Waals surface area contributed by atoms with Crippen molar-refractivity contribution in [2.45, 2.75) is 60.1 Å². The van der Waals surface area contributed by atoms with Gasteiger partial charge in [-0.2, -0.15) is 0 Å². The molecule has 22 heteroatoms. The third kappa shape index (κ3) is 6.88. The molecule has 4 heterocycles. The number of rotatable bonds is 12. The van der Waals surface area contributed by atoms with Crippen LogP contribution in [-0.4, -0.2) is 116 Å². The van der Waals surface area contributed by atoms with E-state index in [9.17, 15) is 39.3 Å². The number of aromatic nitrogens is 6. The molecule has 1 aliphatic carbocycles. The number of phenolic OH excluding ortho intramolecular Hbond substituents is 1. The number of H-pyrrole nitrogens is 1. The predicted octanol–water partition coefficient (Wildman–Crippen LogP) is -0.154. The number of hydrogen-bond donors (Lipinski definition) is 7. The summed E-state index contributed by atoms with van der Waals surface area (Å²) in [4.78, 5) is 75.8. The summed E-state index contributed by atoms with van der Waals surface area (Å²) in [6, 6.07) is 2.18. The summed E-state index contributed by atoms with van der Waals surface area (Å²) in [6.07, 6.45) is 3.13. The number of aromatic hydroxyl groups is 1. The lowest BCUT2D eigenvalue weighted by molar-refractivity contribution is -0.192. The van der Waals surface area contributed by atoms with Gasteiger partial charge in [-0.3, -0.25) is 29.2 Å². The number of carbonyl (C=O) groups is 4. The maximum atomic E-state index is 14.3. The molecule has 6 rings (SSSR count). The van der Waals surface area contributed by atoms with Crippen molar-refractivity contribution in [1.82, 2.24) is 40.4 Å². The van der Waals surface area contributed by atoms with Gasteiger partial charge in [-0.05, 0) is 59.4 Å². The lowest BCUT2D eigenvalue weighted by Crippen LogP contribution is -2.81. The zero-order valence-corrected chi connectivity index (χ0v) is 29.4. The van der Waals surface area contributed by atoms with E-state index in [0.29, 0.717) is 41.3 Å². The molecule has 3 aromatic rings. The molecule has 1 saturated heterocycles. The first-order chi connectivity index (χ1) is 24.8. The monoisotopic (exact) mass is 757 g/mol. The number of primary amides is 1. The van der Waals surface area contributed by atoms with E-state index in [-0.39, 0.29) is 40.5 Å². The van der Waals surface area contributed by atoms with Crippen molar-refractivity contribution < 1.29 is 39.2 Å². The number of amides is 4. The summed E-state index contributed by atoms with van der Waals surface area (Å²) >= 11 is 2.33. The third-order valence-corrected chi connectivity index (χ3v) is 11.4. The number of ether oxygens (including phenoxy) is 1. The number of aliphatic hydroxyl groups is 1. The highest BCUT2D eigenvalue weighted by Gasteiger charge is 2.67. The number of carboxylic acids is 1. The summed E-state index contributed by atoms with van der Waals surface area (Å²) in [7, 11) is 2.80. The van der Waals surface area contributed by atoms with E-state index in [1.54, 1.807) is 7.05 Å². The maximum Gasteiger partial charge on any atom is 0.352 e. The average molecular weight is 758 g/mol. The number of hydrogen-bond acceptors (Lipinski definition) is 15. The van der Waals surface area contributed by atoms with Gasteiger partial charge in [0.2, 0.25) is 11.1 Å². The van der Waals surface area contributed by atoms with E-state index in [2.05, 4.69) is 36.1 Å². The van der Waals surface area contributed by atoms with Gasteiger partial charge >= 0.3 is 12.0 Å². The summed E-state index contributed by atoms with van der Waals surface area (Å²) in [6.45, 7) is 0. The summed E-state index contributed by atoms with van der Waals surface area (Å²) in [5.74, 6) is -3.02. The Hall–Kier alpha value is -5.19. The predicted molar refractivity (Wildman–Crippen MR) is 185 cm³/mol. The van der Waals surface area contributed by atoms with Crippen LogP contribution in [0.5, 0.6) is 5.75 Å². The first-order valence-corrected chi connectivity index (χ1v) is 17.9. The Labute approximate surface area is 303 Å². The van der Waals surface area contributed by atoms with Crippen LogP contribution in [-0.2, 0) is 26.2 Å². The zero-order chi connectivity index (χ0) is 37.3. The van der Waals surface area contributed by atoms with E-state index in [4.69, 9.17) is 10.5 Å². The number of nitrogens with two attached hydrogens (primary N) is 1. The third-order valence-electron chi connectivity index (χ3n) is 8.93. The number of aliphatic hydroxyl groups excluding tert-OH is 1. The van der Waals surface area contributed by atoms with Crippen LogP contribution in [0.2, 0.25) is 0 Å². The highest BCUT2D eigenvalue weighted by Crippen LogP contribution is 2.47. The summed E-state index contributed by atoms with van der Waals surface area (Å²) < 4.78 is 7.04. The fourth-order valence-corrected chi connectivity index (χ4v) is 8.73. The standard InChI is InChI=1S/C30H35N11O9S2/c1-39-29(36-37-38-39)52-13-15-12-51-26-30(50-2,25(48)41(26)21(15)24(46)47)35-23(45)20(14-3-7-17(42)8-4-14)40(27(31)49)19-11-32-28(34-22(19)44)33-16-5-9-18(43)10-6-16/h3-4,7-8,11,16,18,20,26,42-43H,5-6,9-10,12-13H2,1-2H3,(H2,31,49)(H,35,45)(H,46,47)(H2,32,33,34,44)/t16?,18?,20?,26-,30-/m0/s1. The van der Waals surface area contributed by atoms with Crippen LogP contribution >= 0.6 is 23.5 Å². The molecule has 8 N–H and O–H groups in total. The summed E-state index contributed by atoms with van der Waals surface area (Å²) in [5.41, 5.74) is 2.72. The second kappa shape index (κ2) is 14.8. The number of aliphatic carboxylic acids is 1. The number of carboxylic acid groups (broad SMARTS) is 1. The Morgan fingerprint density at radius 2 is 1.92 bits per heavy atom. The molecule has 0 spiro atoms. The Bertz CT molecular complexity index is 1970. The van der Waals surface area contributed by atoms with Crippen LogP contribution in [0.3, 0.4) is 0 Å². The lowest BCUT2D eigenvalue weighted by Gasteiger charge is -2.56. The highest BCUT2D eigenvalue weighted by atomic mass is 32.2. The molecular weight excluding hydrogens is 723 g/mol. The number of nitrogens with one attached hydrogen (secondary N) is 3. The molecule has 2 fully saturated rings. The molecule has 2 aliphatic heterocycles. The van der Waals surface area contributed by atoms with Crippen molar-refractivity contribution in [3.63, 3.8) is 0 Å². The van der Waals surface area contributed by atoms with Gasteiger partial charge in [0.25, 0.3) is 23.1 Å². The van der Waals surface area contributed by atoms with Gasteiger partial charge < -0.3 is 36.4 Å². The number of carbonyl (C=O) groups excluding carboxylic acids is 3. The van der Waals surface area contributed by atoms with Crippen LogP contribution < -0.4 is 26.8 Å². The first-order valence-electron chi connectivity index (χ1n) is 15.9. The van der Waals surface area contributed by atoms with Gasteiger partial charge in [0.15, 0.2) is 0 Å². The molecule has 0 bridgehead atoms. The Morgan fingerprint density at radius 1 is 1.21 bits per heavy atom. The summed E-state index contributed by atoms with van der Waals surface area (Å²) in [5, 5.41) is 46.2. The number of benzene rings is 1. The number of anilines is 2. The number of thioether (sulfide) groups is 2. The van der Waals surface area contributed by atoms with E-state index in [1.807, 2.05) is 0 Å². The number of phenols is 1. The van der Waals surface area contributed by atoms with E-state index in [0.717, 1.165) is 22.9 Å². The van der Waals surface area contributed by atoms with Crippen LogP contribution in [0.15, 0.2) is 51.7 Å². The SMILES string of the molecule is CO[C@@]1(NC(=O)C(c2ccc(O)cc2)N(C(N)=O)c2cnc(NC3CCC(O)CC3)[nH]c2=O)C(=O)N2C(C(=O)O)=C(CSc3nnnn3C)CS[C@H]21. The van der Waals surface area contributed by atoms with Gasteiger partial charge in [0.05, 0.1) is 12.3 Å². The normalized spacial score (nSPS) is 23.3. The maximum absolute atomic E-state index is 14.3. The van der Waals surface area contributed by atoms with Gasteiger partial charge in [-0.25, -0.2) is 19.3 Å². The smallest absolute Gasteiger partial charge is 0.352 e. The van der Waals surface area contributed by atoms with Crippen molar-refractivity contribution in [2.24, 2.45) is 12.8 Å². The molecular formula is C30H35N11O9S2. The van der Waals surface area contributed by atoms with E-state index in [1.165, 1.54) is 47.8 Å². The van der Waals surface area contributed by atoms with Gasteiger partial charge in [0, 0.05) is 31.7 Å². The molecule has 4 amide bonds. The molecule has 20 nitrogen and oxygen atoms in total. The molecule has 52 heavy (non-hydrogen) atoms. The number of urea groups is 1. The fraction of sp³-hybridized carbons (Fsp3) is 0.433. The molecule has 3 atom stereocenters. The molecule has 2 aromatic heterocycles. The largest absolute Gasteiger partial charge is 0.508 e. The van der Waals surface area contributed by atoms with E-state index >= 15 is 0 Å². The second-order valence-corrected chi connectivity index (χ2v) is 14.2. The molecule has 0 radical (unpaired) electrons. The van der Waals surface area contributed by atoms with Crippen molar-refractivity contribution in [3.8, 4) is 5.75 Å². The van der Waals surface area contributed by atoms with Gasteiger partial charge in [-0.1, -0.05) is 23.9 Å². The van der Waals surface area contributed by atoms with E-state index < -0.39 is 58.3 Å². The minimum absolute atomic E-state index is 0.0655. The molecule has 1 unspecified atom stereocenters. The van der Waals surface area contributed by atoms with Crippen molar-refractivity contribution >= 4 is 59.0 Å². The Morgan fingerprint density at radius 3 is 2.52 bits per heavy atom. The molecule has 3 aliphatic rings. The lowest BCUT2D eigenvalue weighted by atomic mass is 9.93. The van der Waals surface area contributed by atoms with Crippen molar-refractivity contribution in [2.75, 3.05) is 28.8 Å². The average Bonchev–Trinajstić information content (AvgIpc) is 3.53. The second-order valence-electron chi connectivity index (χ2n) is 12.2. The van der Waals surface area contributed by atoms with Crippen LogP contribution in [0.25, 0.3) is 0 Å². The Balaban J connectivity index is 1.29. The van der Waals surface area contributed by atoms with Gasteiger partial charge in [0.1, 0.15) is 28.5 Å². The molecule has 1 aromatic carbocycles. The quantitative estimate of drug-likeness (QED) is 0.0718. The number of methoxy groups -OCH3 is 1. The number of β-lactam (4-membered cyclic amide) rings is 1. The highest BCUT2D eigenvalue weighted by molar-refractivity contribution is 8.01. The van der Waals surface area contributed by atoms with Crippen LogP contribution in [0.1, 0.15) is 37.3 Å². The van der Waals surface area contributed by atoms with Gasteiger partial charge in [-0.15, -0.1) is 16.9 Å². The number of fused-ring (bicyclic) bond motifs is 1. The molecule has 1 saturated carbocycles. The first kappa shape index (κ1) is 36.6. The zero-order valence-electron chi connectivity index (χ0n) is 27.8. The minimum Gasteiger partial charge on any atom is -0.508 e. The molecule has 276 valence electrons. The van der Waals surface area contributed by atoms with Crippen molar-refractivity contribution in [1.29, 1.82) is 0 Å². The Kier molecular flexibility index (Phi) is 10.4. The van der Waals surface area contributed by atoms with Crippen molar-refractivity contribution in [3.05, 3.63) is 57.6 Å². The number of aromatic amines is 1. The van der Waals surface area contributed by atoms with Crippen LogP contribution in [0.4, 0.5) is 16.4 Å². The topological polar surface area (TPSA) is 284 Å². The fourth-order valence-electron chi connectivity index (χ4n) is 6.31. The number of aryl methyl sites for hydroxylation is 1. The minimum atomic E-state index is -2.08. The number of nitrogens with zero attached hydrogens (tertiary/aromatic N) is 7.